The number of fused-ring (bicyclic) bond motifs is 2. The number of carbonyl (C=O) groups excluding carboxylic acids is 1. The summed E-state index contributed by atoms with van der Waals surface area (Å²) in [6, 6.07) is 2.18. The van der Waals surface area contributed by atoms with Crippen molar-refractivity contribution in [2.24, 2.45) is 0 Å². The number of carbonyl (C=O) groups is 1. The second-order valence-electron chi connectivity index (χ2n) is 7.42. The maximum absolute atomic E-state index is 12.4. The first-order chi connectivity index (χ1) is 9.74. The van der Waals surface area contributed by atoms with Crippen LogP contribution in [0.4, 0.5) is 4.79 Å². The highest BCUT2D eigenvalue weighted by molar-refractivity contribution is 5.69. The van der Waals surface area contributed by atoms with Gasteiger partial charge >= 0.3 is 6.09 Å². The quantitative estimate of drug-likeness (QED) is 0.849. The number of nitriles is 1. The number of piperidine rings is 2. The SMILES string of the molecule is CC(C)(C)OC(=O)N1C2CCCC1CC(O)(CCC#N)C2. The van der Waals surface area contributed by atoms with E-state index in [-0.39, 0.29) is 18.2 Å². The molecular weight excluding hydrogens is 268 g/mol. The summed E-state index contributed by atoms with van der Waals surface area (Å²) in [6.45, 7) is 5.61. The number of hydrogen-bond acceptors (Lipinski definition) is 4. The Balaban J connectivity index is 2.09. The Bertz CT molecular complexity index is 422. The van der Waals surface area contributed by atoms with Crippen molar-refractivity contribution in [1.82, 2.24) is 4.90 Å². The highest BCUT2D eigenvalue weighted by Crippen LogP contribution is 2.41. The van der Waals surface area contributed by atoms with E-state index in [1.165, 1.54) is 0 Å². The van der Waals surface area contributed by atoms with E-state index >= 15 is 0 Å². The maximum Gasteiger partial charge on any atom is 0.410 e. The molecule has 0 aromatic heterocycles. The summed E-state index contributed by atoms with van der Waals surface area (Å²) >= 11 is 0. The van der Waals surface area contributed by atoms with Gasteiger partial charge in [-0.05, 0) is 59.3 Å². The predicted molar refractivity (Wildman–Crippen MR) is 78.5 cm³/mol. The molecule has 2 rings (SSSR count). The second kappa shape index (κ2) is 5.84. The van der Waals surface area contributed by atoms with Crippen LogP contribution < -0.4 is 0 Å². The van der Waals surface area contributed by atoms with E-state index in [9.17, 15) is 9.90 Å². The van der Waals surface area contributed by atoms with Gasteiger partial charge in [-0.15, -0.1) is 0 Å². The largest absolute Gasteiger partial charge is 0.444 e. The molecule has 1 amide bonds. The molecule has 2 atom stereocenters. The standard InChI is InChI=1S/C16H26N2O3/c1-15(2,3)21-14(19)18-12-6-4-7-13(18)11-16(20,10-12)8-5-9-17/h12-13,20H,4-8,10-11H2,1-3H3. The van der Waals surface area contributed by atoms with Crippen molar-refractivity contribution in [2.75, 3.05) is 0 Å². The normalized spacial score (nSPS) is 32.4. The highest BCUT2D eigenvalue weighted by atomic mass is 16.6. The Labute approximate surface area is 126 Å². The van der Waals surface area contributed by atoms with Gasteiger partial charge in [0.25, 0.3) is 0 Å². The molecule has 2 aliphatic heterocycles. The Morgan fingerprint density at radius 3 is 2.43 bits per heavy atom. The van der Waals surface area contributed by atoms with E-state index in [1.807, 2.05) is 25.7 Å². The Morgan fingerprint density at radius 2 is 1.95 bits per heavy atom. The molecule has 0 radical (unpaired) electrons. The van der Waals surface area contributed by atoms with Gasteiger partial charge in [0.2, 0.25) is 0 Å². The summed E-state index contributed by atoms with van der Waals surface area (Å²) in [5.74, 6) is 0. The van der Waals surface area contributed by atoms with Crippen LogP contribution in [-0.4, -0.2) is 39.4 Å². The number of rotatable bonds is 2. The van der Waals surface area contributed by atoms with Crippen molar-refractivity contribution in [1.29, 1.82) is 5.26 Å². The van der Waals surface area contributed by atoms with E-state index in [0.717, 1.165) is 19.3 Å². The summed E-state index contributed by atoms with van der Waals surface area (Å²) in [5, 5.41) is 19.4. The van der Waals surface area contributed by atoms with Crippen LogP contribution in [-0.2, 0) is 4.74 Å². The van der Waals surface area contributed by atoms with Gasteiger partial charge in [0.05, 0.1) is 11.7 Å². The molecule has 21 heavy (non-hydrogen) atoms. The van der Waals surface area contributed by atoms with Crippen molar-refractivity contribution in [3.05, 3.63) is 0 Å². The zero-order valence-corrected chi connectivity index (χ0v) is 13.3. The van der Waals surface area contributed by atoms with Gasteiger partial charge < -0.3 is 14.7 Å². The van der Waals surface area contributed by atoms with Crippen LogP contribution in [0.25, 0.3) is 0 Å². The van der Waals surface area contributed by atoms with Gasteiger partial charge in [-0.2, -0.15) is 5.26 Å². The first kappa shape index (κ1) is 16.1. The average Bonchev–Trinajstić information content (AvgIpc) is 2.33. The van der Waals surface area contributed by atoms with E-state index in [4.69, 9.17) is 10.00 Å². The van der Waals surface area contributed by atoms with E-state index in [0.29, 0.717) is 25.7 Å². The third-order valence-electron chi connectivity index (χ3n) is 4.40. The van der Waals surface area contributed by atoms with Crippen LogP contribution in [0.5, 0.6) is 0 Å². The topological polar surface area (TPSA) is 73.6 Å². The lowest BCUT2D eigenvalue weighted by Gasteiger charge is -2.51. The molecule has 0 saturated carbocycles. The second-order valence-corrected chi connectivity index (χ2v) is 7.42. The Kier molecular flexibility index (Phi) is 4.48. The van der Waals surface area contributed by atoms with E-state index in [1.54, 1.807) is 0 Å². The van der Waals surface area contributed by atoms with Crippen molar-refractivity contribution in [2.45, 2.75) is 89.0 Å². The monoisotopic (exact) mass is 294 g/mol. The summed E-state index contributed by atoms with van der Waals surface area (Å²) < 4.78 is 5.52. The lowest BCUT2D eigenvalue weighted by molar-refractivity contribution is -0.0951. The number of nitrogens with zero attached hydrogens (tertiary/aromatic N) is 2. The van der Waals surface area contributed by atoms with Gasteiger partial charge in [-0.1, -0.05) is 0 Å². The molecule has 2 unspecified atom stereocenters. The van der Waals surface area contributed by atoms with Crippen molar-refractivity contribution in [3.8, 4) is 6.07 Å². The van der Waals surface area contributed by atoms with Crippen LogP contribution in [0.1, 0.15) is 65.7 Å². The predicted octanol–water partition coefficient (Wildman–Crippen LogP) is 2.97. The molecule has 1 N–H and O–H groups in total. The minimum absolute atomic E-state index is 0.0380. The maximum atomic E-state index is 12.4. The third kappa shape index (κ3) is 3.88. The van der Waals surface area contributed by atoms with Gasteiger partial charge in [-0.3, -0.25) is 0 Å². The molecule has 5 nitrogen and oxygen atoms in total. The van der Waals surface area contributed by atoms with Crippen LogP contribution in [0.3, 0.4) is 0 Å². The molecule has 0 aromatic rings. The Hall–Kier alpha value is -1.28. The van der Waals surface area contributed by atoms with Crippen LogP contribution in [0, 0.1) is 11.3 Å². The molecule has 2 fully saturated rings. The Morgan fingerprint density at radius 1 is 1.38 bits per heavy atom. The summed E-state index contributed by atoms with van der Waals surface area (Å²) in [4.78, 5) is 14.3. The van der Waals surface area contributed by atoms with Crippen LogP contribution >= 0.6 is 0 Å². The number of aliphatic hydroxyl groups is 1. The number of ether oxygens (including phenoxy) is 1. The molecule has 2 bridgehead atoms. The summed E-state index contributed by atoms with van der Waals surface area (Å²) in [5.41, 5.74) is -1.30. The molecule has 0 aliphatic carbocycles. The number of amides is 1. The van der Waals surface area contributed by atoms with Crippen molar-refractivity contribution < 1.29 is 14.6 Å². The van der Waals surface area contributed by atoms with Crippen molar-refractivity contribution >= 4 is 6.09 Å². The summed E-state index contributed by atoms with van der Waals surface area (Å²) in [7, 11) is 0. The zero-order chi connectivity index (χ0) is 15.7. The van der Waals surface area contributed by atoms with E-state index in [2.05, 4.69) is 6.07 Å². The third-order valence-corrected chi connectivity index (χ3v) is 4.40. The molecule has 2 saturated heterocycles. The first-order valence-corrected chi connectivity index (χ1v) is 7.85. The number of hydrogen-bond donors (Lipinski definition) is 1. The van der Waals surface area contributed by atoms with Crippen LogP contribution in [0.2, 0.25) is 0 Å². The molecule has 118 valence electrons. The fraction of sp³-hybridized carbons (Fsp3) is 0.875. The fourth-order valence-corrected chi connectivity index (χ4v) is 3.63. The van der Waals surface area contributed by atoms with E-state index < -0.39 is 11.2 Å². The minimum atomic E-state index is -0.802. The van der Waals surface area contributed by atoms with Crippen LogP contribution in [0.15, 0.2) is 0 Å². The smallest absolute Gasteiger partial charge is 0.410 e. The summed E-state index contributed by atoms with van der Waals surface area (Å²) in [6.07, 6.45) is 4.62. The molecule has 0 aromatic carbocycles. The average molecular weight is 294 g/mol. The van der Waals surface area contributed by atoms with Gasteiger partial charge in [-0.25, -0.2) is 4.79 Å². The first-order valence-electron chi connectivity index (χ1n) is 7.85. The fourth-order valence-electron chi connectivity index (χ4n) is 3.63. The lowest BCUT2D eigenvalue weighted by Crippen LogP contribution is -2.60. The minimum Gasteiger partial charge on any atom is -0.444 e. The molecule has 2 aliphatic rings. The van der Waals surface area contributed by atoms with Crippen molar-refractivity contribution in [3.63, 3.8) is 0 Å². The van der Waals surface area contributed by atoms with Gasteiger partial charge in [0.1, 0.15) is 5.60 Å². The lowest BCUT2D eigenvalue weighted by atomic mass is 9.74. The zero-order valence-electron chi connectivity index (χ0n) is 13.3. The highest BCUT2D eigenvalue weighted by Gasteiger charge is 2.48. The van der Waals surface area contributed by atoms with Gasteiger partial charge in [0.15, 0.2) is 0 Å². The van der Waals surface area contributed by atoms with Gasteiger partial charge in [0, 0.05) is 18.5 Å². The molecule has 0 spiro atoms. The molecular formula is C16H26N2O3. The molecule has 2 heterocycles. The molecule has 5 heteroatoms.